The number of methoxy groups -OCH3 is 1. The highest BCUT2D eigenvalue weighted by molar-refractivity contribution is 14.1. The zero-order chi connectivity index (χ0) is 12.3. The van der Waals surface area contributed by atoms with Gasteiger partial charge in [0.05, 0.1) is 7.11 Å². The molecule has 0 aromatic heterocycles. The maximum Gasteiger partial charge on any atom is 0.323 e. The summed E-state index contributed by atoms with van der Waals surface area (Å²) in [5, 5.41) is 3.09. The van der Waals surface area contributed by atoms with E-state index in [1.165, 1.54) is 10.7 Å². The normalized spacial score (nSPS) is 22.1. The molecule has 1 saturated heterocycles. The first-order valence-corrected chi connectivity index (χ1v) is 6.50. The summed E-state index contributed by atoms with van der Waals surface area (Å²) < 4.78 is 11.6. The van der Waals surface area contributed by atoms with Crippen molar-refractivity contribution in [1.29, 1.82) is 0 Å². The number of benzene rings is 1. The van der Waals surface area contributed by atoms with Gasteiger partial charge in [-0.25, -0.2) is 0 Å². The van der Waals surface area contributed by atoms with E-state index in [2.05, 4.69) is 27.9 Å². The molecule has 0 saturated carbocycles. The van der Waals surface area contributed by atoms with Crippen LogP contribution in [0, 0.1) is 3.57 Å². The predicted molar refractivity (Wildman–Crippen MR) is 79.2 cm³/mol. The van der Waals surface area contributed by atoms with E-state index in [-0.39, 0.29) is 30.5 Å². The number of ether oxygens (including phenoxy) is 2. The smallest absolute Gasteiger partial charge is 0.323 e. The Balaban J connectivity index is 0.00000162. The molecule has 4 nitrogen and oxygen atoms in total. The maximum absolute atomic E-state index is 11.3. The minimum atomic E-state index is -0.242. The molecule has 1 aliphatic heterocycles. The number of esters is 1. The topological polar surface area (TPSA) is 47.6 Å². The molecule has 1 heterocycles. The Morgan fingerprint density at radius 2 is 2.06 bits per heavy atom. The Morgan fingerprint density at radius 3 is 2.67 bits per heavy atom. The van der Waals surface area contributed by atoms with Crippen LogP contribution in [0.25, 0.3) is 0 Å². The first-order chi connectivity index (χ1) is 8.19. The van der Waals surface area contributed by atoms with Gasteiger partial charge in [0.25, 0.3) is 0 Å². The van der Waals surface area contributed by atoms with E-state index in [0.717, 1.165) is 5.75 Å². The SMILES string of the molecule is COC(=O)C1CC(Oc2ccc(I)cc2)CN1.Cl. The van der Waals surface area contributed by atoms with Crippen LogP contribution in [0.4, 0.5) is 0 Å². The summed E-state index contributed by atoms with van der Waals surface area (Å²) in [7, 11) is 1.40. The van der Waals surface area contributed by atoms with Gasteiger partial charge in [-0.15, -0.1) is 12.4 Å². The van der Waals surface area contributed by atoms with Gasteiger partial charge >= 0.3 is 5.97 Å². The molecule has 0 amide bonds. The Labute approximate surface area is 126 Å². The molecule has 2 rings (SSSR count). The van der Waals surface area contributed by atoms with Crippen molar-refractivity contribution < 1.29 is 14.3 Å². The zero-order valence-corrected chi connectivity index (χ0v) is 12.9. The highest BCUT2D eigenvalue weighted by Gasteiger charge is 2.31. The Bertz CT molecular complexity index is 399. The lowest BCUT2D eigenvalue weighted by Gasteiger charge is -2.12. The largest absolute Gasteiger partial charge is 0.489 e. The highest BCUT2D eigenvalue weighted by atomic mass is 127. The number of halogens is 2. The lowest BCUT2D eigenvalue weighted by molar-refractivity contribution is -0.142. The van der Waals surface area contributed by atoms with Gasteiger partial charge in [-0.3, -0.25) is 4.79 Å². The van der Waals surface area contributed by atoms with Gasteiger partial charge in [-0.1, -0.05) is 0 Å². The van der Waals surface area contributed by atoms with Crippen LogP contribution in [-0.2, 0) is 9.53 Å². The van der Waals surface area contributed by atoms with Gasteiger partial charge in [0, 0.05) is 16.5 Å². The molecule has 1 N–H and O–H groups in total. The molecule has 18 heavy (non-hydrogen) atoms. The van der Waals surface area contributed by atoms with Crippen molar-refractivity contribution in [1.82, 2.24) is 5.32 Å². The second kappa shape index (κ2) is 7.16. The van der Waals surface area contributed by atoms with Crippen LogP contribution in [0.1, 0.15) is 6.42 Å². The molecule has 6 heteroatoms. The third-order valence-corrected chi connectivity index (χ3v) is 3.41. The minimum absolute atomic E-state index is 0. The molecular formula is C12H15ClINO3. The predicted octanol–water partition coefficient (Wildman–Crippen LogP) is 2.00. The van der Waals surface area contributed by atoms with E-state index < -0.39 is 0 Å². The molecule has 100 valence electrons. The number of hydrogen-bond acceptors (Lipinski definition) is 4. The van der Waals surface area contributed by atoms with Crippen LogP contribution < -0.4 is 10.1 Å². The van der Waals surface area contributed by atoms with Crippen molar-refractivity contribution in [3.05, 3.63) is 27.8 Å². The van der Waals surface area contributed by atoms with E-state index in [9.17, 15) is 4.79 Å². The standard InChI is InChI=1S/C12H14INO3.ClH/c1-16-12(15)11-6-10(7-14-11)17-9-4-2-8(13)3-5-9;/h2-5,10-11,14H,6-7H2,1H3;1H. The third-order valence-electron chi connectivity index (χ3n) is 2.69. The second-order valence-electron chi connectivity index (χ2n) is 3.91. The average Bonchev–Trinajstić information content (AvgIpc) is 2.80. The summed E-state index contributed by atoms with van der Waals surface area (Å²) in [5.41, 5.74) is 0. The molecule has 0 spiro atoms. The van der Waals surface area contributed by atoms with E-state index in [0.29, 0.717) is 13.0 Å². The molecule has 1 fully saturated rings. The fraction of sp³-hybridized carbons (Fsp3) is 0.417. The van der Waals surface area contributed by atoms with Crippen LogP contribution in [0.5, 0.6) is 5.75 Å². The van der Waals surface area contributed by atoms with Crippen LogP contribution in [0.2, 0.25) is 0 Å². The van der Waals surface area contributed by atoms with E-state index in [1.54, 1.807) is 0 Å². The van der Waals surface area contributed by atoms with E-state index in [1.807, 2.05) is 24.3 Å². The molecule has 0 radical (unpaired) electrons. The van der Waals surface area contributed by atoms with E-state index >= 15 is 0 Å². The third kappa shape index (κ3) is 4.00. The van der Waals surface area contributed by atoms with Gasteiger partial charge in [0.2, 0.25) is 0 Å². The molecule has 0 bridgehead atoms. The van der Waals surface area contributed by atoms with Gasteiger partial charge in [-0.05, 0) is 46.9 Å². The van der Waals surface area contributed by atoms with Crippen molar-refractivity contribution in [3.63, 3.8) is 0 Å². The minimum Gasteiger partial charge on any atom is -0.489 e. The van der Waals surface area contributed by atoms with Gasteiger partial charge in [0.15, 0.2) is 0 Å². The Morgan fingerprint density at radius 1 is 1.39 bits per heavy atom. The second-order valence-corrected chi connectivity index (χ2v) is 5.16. The lowest BCUT2D eigenvalue weighted by Crippen LogP contribution is -2.31. The highest BCUT2D eigenvalue weighted by Crippen LogP contribution is 2.19. The van der Waals surface area contributed by atoms with Gasteiger partial charge in [-0.2, -0.15) is 0 Å². The maximum atomic E-state index is 11.3. The quantitative estimate of drug-likeness (QED) is 0.641. The molecular weight excluding hydrogens is 368 g/mol. The Kier molecular flexibility index (Phi) is 6.17. The number of nitrogens with one attached hydrogen (secondary N) is 1. The number of carbonyl (C=O) groups excluding carboxylic acids is 1. The summed E-state index contributed by atoms with van der Waals surface area (Å²) in [6.45, 7) is 0.672. The van der Waals surface area contributed by atoms with Crippen LogP contribution in [0.3, 0.4) is 0 Å². The van der Waals surface area contributed by atoms with Gasteiger partial charge in [0.1, 0.15) is 17.9 Å². The first kappa shape index (κ1) is 15.5. The number of hydrogen-bond donors (Lipinski definition) is 1. The fourth-order valence-corrected chi connectivity index (χ4v) is 2.18. The Hall–Kier alpha value is -0.530. The summed E-state index contributed by atoms with van der Waals surface area (Å²) in [6, 6.07) is 7.63. The van der Waals surface area contributed by atoms with Crippen molar-refractivity contribution in [2.24, 2.45) is 0 Å². The molecule has 1 aliphatic rings. The van der Waals surface area contributed by atoms with Crippen LogP contribution >= 0.6 is 35.0 Å². The molecule has 2 atom stereocenters. The van der Waals surface area contributed by atoms with Crippen molar-refractivity contribution in [2.75, 3.05) is 13.7 Å². The van der Waals surface area contributed by atoms with Crippen LogP contribution in [0.15, 0.2) is 24.3 Å². The van der Waals surface area contributed by atoms with Crippen LogP contribution in [-0.4, -0.2) is 31.8 Å². The average molecular weight is 384 g/mol. The zero-order valence-electron chi connectivity index (χ0n) is 9.89. The molecule has 1 aromatic carbocycles. The first-order valence-electron chi connectivity index (χ1n) is 5.42. The number of rotatable bonds is 3. The van der Waals surface area contributed by atoms with Crippen molar-refractivity contribution >= 4 is 41.0 Å². The van der Waals surface area contributed by atoms with Crippen molar-refractivity contribution in [2.45, 2.75) is 18.6 Å². The summed E-state index contributed by atoms with van der Waals surface area (Å²) in [6.07, 6.45) is 0.678. The van der Waals surface area contributed by atoms with Gasteiger partial charge < -0.3 is 14.8 Å². The fourth-order valence-electron chi connectivity index (χ4n) is 1.82. The molecule has 0 aliphatic carbocycles. The summed E-state index contributed by atoms with van der Waals surface area (Å²) >= 11 is 2.25. The van der Waals surface area contributed by atoms with E-state index in [4.69, 9.17) is 9.47 Å². The lowest BCUT2D eigenvalue weighted by atomic mass is 10.2. The summed E-state index contributed by atoms with van der Waals surface area (Å²) in [5.74, 6) is 0.612. The van der Waals surface area contributed by atoms with Crippen molar-refractivity contribution in [3.8, 4) is 5.75 Å². The molecule has 2 unspecified atom stereocenters. The number of carbonyl (C=O) groups is 1. The molecule has 1 aromatic rings. The summed E-state index contributed by atoms with van der Waals surface area (Å²) in [4.78, 5) is 11.3. The monoisotopic (exact) mass is 383 g/mol.